The van der Waals surface area contributed by atoms with E-state index >= 15 is 0 Å². The van der Waals surface area contributed by atoms with Crippen LogP contribution in [0.4, 0.5) is 0 Å². The van der Waals surface area contributed by atoms with Gasteiger partial charge in [0.25, 0.3) is 5.56 Å². The van der Waals surface area contributed by atoms with E-state index in [1.165, 1.54) is 0 Å². The molecule has 2 atom stereocenters. The fourth-order valence-electron chi connectivity index (χ4n) is 4.88. The lowest BCUT2D eigenvalue weighted by atomic mass is 9.83. The summed E-state index contributed by atoms with van der Waals surface area (Å²) in [5, 5.41) is 12.3. The minimum absolute atomic E-state index is 0.124. The van der Waals surface area contributed by atoms with Gasteiger partial charge >= 0.3 is 5.97 Å². The SMILES string of the molecule is C=C[Si](C)(C)CCC1OC(=O)[C@](O)(CC)c2cc3n(c(=O)c21)Cc1cc2ccccc2nc1-3. The third-order valence-corrected chi connectivity index (χ3v) is 9.86. The Morgan fingerprint density at radius 2 is 2.06 bits per heavy atom. The van der Waals surface area contributed by atoms with E-state index < -0.39 is 25.7 Å². The third kappa shape index (κ3) is 3.29. The lowest BCUT2D eigenvalue weighted by molar-refractivity contribution is -0.178. The Balaban J connectivity index is 1.70. The summed E-state index contributed by atoms with van der Waals surface area (Å²) in [7, 11) is -1.67. The Bertz CT molecular complexity index is 1380. The quantitative estimate of drug-likeness (QED) is 0.352. The number of fused-ring (bicyclic) bond motifs is 5. The molecule has 0 radical (unpaired) electrons. The number of carbonyl (C=O) groups is 1. The van der Waals surface area contributed by atoms with Gasteiger partial charge in [0.1, 0.15) is 6.10 Å². The van der Waals surface area contributed by atoms with E-state index in [4.69, 9.17) is 9.72 Å². The van der Waals surface area contributed by atoms with Crippen LogP contribution in [0.1, 0.15) is 42.6 Å². The van der Waals surface area contributed by atoms with Crippen LogP contribution >= 0.6 is 0 Å². The topological polar surface area (TPSA) is 81.4 Å². The van der Waals surface area contributed by atoms with Crippen molar-refractivity contribution in [1.82, 2.24) is 9.55 Å². The fourth-order valence-corrected chi connectivity index (χ4v) is 6.09. The average Bonchev–Trinajstić information content (AvgIpc) is 3.17. The number of nitrogens with zero attached hydrogens (tertiary/aromatic N) is 2. The molecule has 1 aromatic carbocycles. The first-order valence-electron chi connectivity index (χ1n) is 11.4. The number of cyclic esters (lactones) is 1. The summed E-state index contributed by atoms with van der Waals surface area (Å²) in [6.07, 6.45) is -0.0145. The summed E-state index contributed by atoms with van der Waals surface area (Å²) in [6.45, 7) is 10.5. The Labute approximate surface area is 193 Å². The molecule has 7 heteroatoms. The highest BCUT2D eigenvalue weighted by molar-refractivity contribution is 6.82. The first kappa shape index (κ1) is 21.8. The van der Waals surface area contributed by atoms with Crippen molar-refractivity contribution in [2.75, 3.05) is 0 Å². The highest BCUT2D eigenvalue weighted by Crippen LogP contribution is 2.43. The Morgan fingerprint density at radius 1 is 1.30 bits per heavy atom. The number of hydrogen-bond acceptors (Lipinski definition) is 5. The first-order valence-corrected chi connectivity index (χ1v) is 14.7. The molecule has 2 aliphatic heterocycles. The number of para-hydroxylation sites is 1. The molecule has 0 saturated heterocycles. The van der Waals surface area contributed by atoms with Gasteiger partial charge in [-0.15, -0.1) is 12.3 Å². The second-order valence-electron chi connectivity index (χ2n) is 9.78. The van der Waals surface area contributed by atoms with E-state index in [9.17, 15) is 14.7 Å². The molecule has 0 saturated carbocycles. The van der Waals surface area contributed by atoms with Gasteiger partial charge in [-0.3, -0.25) is 4.79 Å². The second kappa shape index (κ2) is 7.50. The molecule has 4 heterocycles. The molecule has 0 amide bonds. The number of aliphatic hydroxyl groups is 1. The summed E-state index contributed by atoms with van der Waals surface area (Å²) in [4.78, 5) is 31.6. The van der Waals surface area contributed by atoms with Gasteiger partial charge in [0.15, 0.2) is 5.60 Å². The minimum atomic E-state index is -1.84. The Kier molecular flexibility index (Phi) is 4.95. The van der Waals surface area contributed by atoms with Gasteiger partial charge < -0.3 is 14.4 Å². The number of benzene rings is 1. The maximum Gasteiger partial charge on any atom is 0.343 e. The summed E-state index contributed by atoms with van der Waals surface area (Å²) >= 11 is 0. The molecule has 5 rings (SSSR count). The maximum atomic E-state index is 13.8. The van der Waals surface area contributed by atoms with Crippen molar-refractivity contribution in [1.29, 1.82) is 0 Å². The van der Waals surface area contributed by atoms with Crippen LogP contribution in [0.3, 0.4) is 0 Å². The molecule has 2 aromatic heterocycles. The van der Waals surface area contributed by atoms with Gasteiger partial charge in [0.05, 0.1) is 37.1 Å². The lowest BCUT2D eigenvalue weighted by Crippen LogP contribution is -2.46. The van der Waals surface area contributed by atoms with Crippen molar-refractivity contribution in [3.05, 3.63) is 75.7 Å². The lowest BCUT2D eigenvalue weighted by Gasteiger charge is -2.36. The van der Waals surface area contributed by atoms with Crippen molar-refractivity contribution in [3.63, 3.8) is 0 Å². The van der Waals surface area contributed by atoms with Crippen LogP contribution in [-0.2, 0) is 21.7 Å². The number of hydrogen-bond donors (Lipinski definition) is 1. The molecule has 170 valence electrons. The number of rotatable bonds is 5. The molecular weight excluding hydrogens is 432 g/mol. The van der Waals surface area contributed by atoms with Crippen molar-refractivity contribution < 1.29 is 14.6 Å². The van der Waals surface area contributed by atoms with Crippen molar-refractivity contribution >= 4 is 24.9 Å². The average molecular weight is 461 g/mol. The third-order valence-electron chi connectivity index (χ3n) is 7.18. The van der Waals surface area contributed by atoms with Gasteiger partial charge in [-0.2, -0.15) is 0 Å². The molecule has 1 N–H and O–H groups in total. The van der Waals surface area contributed by atoms with Crippen LogP contribution < -0.4 is 5.56 Å². The highest BCUT2D eigenvalue weighted by Gasteiger charge is 2.48. The van der Waals surface area contributed by atoms with Gasteiger partial charge in [-0.05, 0) is 31.0 Å². The summed E-state index contributed by atoms with van der Waals surface area (Å²) < 4.78 is 7.41. The molecule has 0 spiro atoms. The van der Waals surface area contributed by atoms with Gasteiger partial charge in [0, 0.05) is 16.5 Å². The number of esters is 1. The first-order chi connectivity index (χ1) is 15.7. The van der Waals surface area contributed by atoms with E-state index in [1.807, 2.05) is 30.0 Å². The van der Waals surface area contributed by atoms with Crippen molar-refractivity contribution in [3.8, 4) is 11.4 Å². The maximum absolute atomic E-state index is 13.8. The normalized spacial score (nSPS) is 21.3. The Hall–Kier alpha value is -3.03. The van der Waals surface area contributed by atoms with Crippen molar-refractivity contribution in [2.24, 2.45) is 0 Å². The van der Waals surface area contributed by atoms with Gasteiger partial charge in [-0.1, -0.05) is 44.3 Å². The highest BCUT2D eigenvalue weighted by atomic mass is 28.3. The summed E-state index contributed by atoms with van der Waals surface area (Å²) in [5.41, 5.74) is 3.87. The monoisotopic (exact) mass is 460 g/mol. The van der Waals surface area contributed by atoms with E-state index in [2.05, 4.69) is 25.7 Å². The van der Waals surface area contributed by atoms with E-state index in [0.29, 0.717) is 29.8 Å². The summed E-state index contributed by atoms with van der Waals surface area (Å²) in [6, 6.07) is 12.5. The number of aromatic nitrogens is 2. The molecule has 33 heavy (non-hydrogen) atoms. The van der Waals surface area contributed by atoms with Gasteiger partial charge in [0.2, 0.25) is 0 Å². The smallest absolute Gasteiger partial charge is 0.343 e. The molecule has 0 bridgehead atoms. The predicted octanol–water partition coefficient (Wildman–Crippen LogP) is 4.44. The van der Waals surface area contributed by atoms with E-state index in [0.717, 1.165) is 28.2 Å². The van der Waals surface area contributed by atoms with Crippen LogP contribution in [0.2, 0.25) is 19.1 Å². The van der Waals surface area contributed by atoms with E-state index in [-0.39, 0.29) is 12.0 Å². The minimum Gasteiger partial charge on any atom is -0.455 e. The number of ether oxygens (including phenoxy) is 1. The van der Waals surface area contributed by atoms with Crippen LogP contribution in [-0.4, -0.2) is 28.7 Å². The number of carbonyl (C=O) groups excluding carboxylic acids is 1. The molecule has 0 aliphatic carbocycles. The molecule has 1 unspecified atom stereocenters. The van der Waals surface area contributed by atoms with Crippen LogP contribution in [0.15, 0.2) is 53.5 Å². The zero-order valence-electron chi connectivity index (χ0n) is 19.2. The number of pyridine rings is 2. The van der Waals surface area contributed by atoms with Crippen LogP contribution in [0.25, 0.3) is 22.3 Å². The molecular formula is C26H28N2O4Si. The molecule has 0 fully saturated rings. The van der Waals surface area contributed by atoms with E-state index in [1.54, 1.807) is 17.6 Å². The zero-order chi connectivity index (χ0) is 23.5. The Morgan fingerprint density at radius 3 is 2.79 bits per heavy atom. The second-order valence-corrected chi connectivity index (χ2v) is 14.7. The summed E-state index contributed by atoms with van der Waals surface area (Å²) in [5.74, 6) is -0.686. The molecule has 6 nitrogen and oxygen atoms in total. The van der Waals surface area contributed by atoms with Crippen molar-refractivity contribution in [2.45, 2.75) is 57.2 Å². The zero-order valence-corrected chi connectivity index (χ0v) is 20.2. The van der Waals surface area contributed by atoms with Crippen LogP contribution in [0, 0.1) is 0 Å². The standard InChI is InChI=1S/C26H28N2O4Si/c1-5-26(31)18-14-20-23-17(13-16-9-7-8-10-19(16)27-23)15-28(20)24(29)22(18)21(32-25(26)30)11-12-33(3,4)6-2/h6-10,13-14,21,31H,2,5,11-12,15H2,1,3-4H3/t21?,26-/m0/s1. The fraction of sp³-hybridized carbons (Fsp3) is 0.346. The van der Waals surface area contributed by atoms with Crippen LogP contribution in [0.5, 0.6) is 0 Å². The molecule has 3 aromatic rings. The predicted molar refractivity (Wildman–Crippen MR) is 131 cm³/mol. The van der Waals surface area contributed by atoms with Gasteiger partial charge in [-0.25, -0.2) is 9.78 Å². The molecule has 2 aliphatic rings. The largest absolute Gasteiger partial charge is 0.455 e.